The van der Waals surface area contributed by atoms with Gasteiger partial charge in [0.25, 0.3) is 0 Å². The molecule has 0 bridgehead atoms. The molecule has 8 N–H and O–H groups in total. The Labute approximate surface area is 503 Å². The molecule has 6 heterocycles. The van der Waals surface area contributed by atoms with Crippen molar-refractivity contribution in [3.63, 3.8) is 0 Å². The van der Waals surface area contributed by atoms with Crippen molar-refractivity contribution in [1.29, 1.82) is 0 Å². The van der Waals surface area contributed by atoms with Crippen molar-refractivity contribution in [3.05, 3.63) is 0 Å². The molecule has 0 aromatic carbocycles. The van der Waals surface area contributed by atoms with Gasteiger partial charge in [0.2, 0.25) is 0 Å². The number of rotatable bonds is 26. The van der Waals surface area contributed by atoms with Crippen molar-refractivity contribution in [2.24, 2.45) is 41.4 Å². The van der Waals surface area contributed by atoms with Gasteiger partial charge in [0.1, 0.15) is 0 Å². The summed E-state index contributed by atoms with van der Waals surface area (Å²) in [6.45, 7) is 28.0. The number of carboxylic acids is 6. The fourth-order valence-electron chi connectivity index (χ4n) is 13.0. The van der Waals surface area contributed by atoms with E-state index in [9.17, 15) is 39.0 Å². The highest BCUT2D eigenvalue weighted by Crippen LogP contribution is 2.40. The van der Waals surface area contributed by atoms with Crippen molar-refractivity contribution in [3.8, 4) is 0 Å². The van der Waals surface area contributed by atoms with E-state index in [0.717, 1.165) is 116 Å². The van der Waals surface area contributed by atoms with Gasteiger partial charge < -0.3 is 69.3 Å². The third kappa shape index (κ3) is 26.9. The molecule has 20 heteroatoms. The maximum atomic E-state index is 10.9. The minimum atomic E-state index is -1.17. The molecule has 0 aromatic heterocycles. The molecule has 6 rings (SSSR count). The molecule has 0 spiro atoms. The predicted octanol–water partition coefficient (Wildman–Crippen LogP) is 11.7. The fraction of sp³-hybridized carbons (Fsp3) is 0.906. The van der Waals surface area contributed by atoms with Crippen LogP contribution in [-0.4, -0.2) is 162 Å². The predicted molar refractivity (Wildman–Crippen MR) is 319 cm³/mol. The van der Waals surface area contributed by atoms with E-state index in [1.165, 1.54) is 0 Å². The number of hydrogen-bond acceptors (Lipinski definition) is 14. The summed E-state index contributed by atoms with van der Waals surface area (Å²) in [5, 5.41) is 72.5. The van der Waals surface area contributed by atoms with Gasteiger partial charge in [0.05, 0.1) is 116 Å². The third-order valence-corrected chi connectivity index (χ3v) is 18.2. The Kier molecular flexibility index (Phi) is 38.2. The van der Waals surface area contributed by atoms with Gasteiger partial charge in [0, 0.05) is 24.2 Å². The molecule has 84 heavy (non-hydrogen) atoms. The smallest absolute Gasteiger partial charge is 0.309 e. The van der Waals surface area contributed by atoms with E-state index >= 15 is 0 Å². The Hall–Kier alpha value is -3.50. The average Bonchev–Trinajstić information content (AvgIpc) is 4.54. The van der Waals surface area contributed by atoms with Crippen LogP contribution in [0.5, 0.6) is 0 Å². The summed E-state index contributed by atoms with van der Waals surface area (Å²) in [5.41, 5.74) is -1.17. The van der Waals surface area contributed by atoms with Crippen LogP contribution in [0.25, 0.3) is 0 Å². The molecule has 6 fully saturated rings. The first-order chi connectivity index (χ1) is 39.6. The lowest BCUT2D eigenvalue weighted by Gasteiger charge is -2.31. The van der Waals surface area contributed by atoms with E-state index in [4.69, 9.17) is 59.1 Å². The summed E-state index contributed by atoms with van der Waals surface area (Å²) in [6.07, 6.45) is 18.3. The summed E-state index contributed by atoms with van der Waals surface area (Å²) in [6, 6.07) is 0. The topological polar surface area (TPSA) is 320 Å². The van der Waals surface area contributed by atoms with Crippen molar-refractivity contribution in [2.75, 3.05) is 0 Å². The van der Waals surface area contributed by atoms with E-state index in [-0.39, 0.29) is 122 Å². The largest absolute Gasteiger partial charge is 0.481 e. The van der Waals surface area contributed by atoms with E-state index < -0.39 is 47.5 Å². The van der Waals surface area contributed by atoms with E-state index in [1.54, 1.807) is 13.8 Å². The van der Waals surface area contributed by atoms with Gasteiger partial charge >= 0.3 is 35.8 Å². The van der Waals surface area contributed by atoms with Crippen LogP contribution >= 0.6 is 0 Å². The first-order valence-corrected chi connectivity index (χ1v) is 32.3. The van der Waals surface area contributed by atoms with Crippen LogP contribution in [0.2, 0.25) is 0 Å². The zero-order chi connectivity index (χ0) is 64.0. The minimum Gasteiger partial charge on any atom is -0.481 e. The normalized spacial score (nSPS) is 33.6. The molecule has 20 nitrogen and oxygen atoms in total. The number of aliphatic hydroxyl groups excluding tert-OH is 1. The van der Waals surface area contributed by atoms with Crippen molar-refractivity contribution in [2.45, 2.75) is 330 Å². The lowest BCUT2D eigenvalue weighted by Crippen LogP contribution is -2.41. The quantitative estimate of drug-likeness (QED) is 0.0399. The van der Waals surface area contributed by atoms with Crippen molar-refractivity contribution < 1.29 is 98.0 Å². The maximum absolute atomic E-state index is 10.9. The molecule has 6 saturated heterocycles. The Bertz CT molecular complexity index is 1880. The summed E-state index contributed by atoms with van der Waals surface area (Å²) in [5.74, 6) is -4.48. The van der Waals surface area contributed by atoms with Crippen molar-refractivity contribution in [1.82, 2.24) is 0 Å². The van der Waals surface area contributed by atoms with Crippen LogP contribution in [0.3, 0.4) is 0 Å². The second-order valence-corrected chi connectivity index (χ2v) is 24.2. The lowest BCUT2D eigenvalue weighted by atomic mass is 9.80. The highest BCUT2D eigenvalue weighted by molar-refractivity contribution is 5.71. The molecule has 6 aliphatic heterocycles. The van der Waals surface area contributed by atoms with Gasteiger partial charge in [-0.15, -0.1) is 0 Å². The fourth-order valence-corrected chi connectivity index (χ4v) is 13.0. The molecule has 6 aliphatic rings. The maximum Gasteiger partial charge on any atom is 0.309 e. The second-order valence-electron chi connectivity index (χ2n) is 24.2. The monoisotopic (exact) mass is 1200 g/mol. The average molecular weight is 1210 g/mol. The molecule has 0 radical (unpaired) electrons. The Morgan fingerprint density at radius 1 is 0.440 bits per heavy atom. The van der Waals surface area contributed by atoms with Gasteiger partial charge in [-0.25, -0.2) is 0 Å². The summed E-state index contributed by atoms with van der Waals surface area (Å²) < 4.78 is 34.4. The van der Waals surface area contributed by atoms with Crippen LogP contribution in [0.4, 0.5) is 0 Å². The molecule has 492 valence electrons. The van der Waals surface area contributed by atoms with Crippen molar-refractivity contribution >= 4 is 35.8 Å². The summed E-state index contributed by atoms with van der Waals surface area (Å²) >= 11 is 0. The van der Waals surface area contributed by atoms with Gasteiger partial charge in [-0.3, -0.25) is 28.8 Å². The first-order valence-electron chi connectivity index (χ1n) is 32.3. The Balaban J connectivity index is 0.000000505. The number of carboxylic acid groups (broad SMARTS) is 6. The summed E-state index contributed by atoms with van der Waals surface area (Å²) in [4.78, 5) is 63.9. The van der Waals surface area contributed by atoms with Crippen LogP contribution in [0, 0.1) is 41.4 Å². The molecule has 0 aromatic rings. The van der Waals surface area contributed by atoms with Crippen LogP contribution in [-0.2, 0) is 57.2 Å². The second kappa shape index (κ2) is 40.9. The minimum absolute atomic E-state index is 0.0145. The molecule has 21 unspecified atom stereocenters. The molecule has 0 saturated carbocycles. The zero-order valence-corrected chi connectivity index (χ0v) is 53.8. The van der Waals surface area contributed by atoms with E-state index in [1.807, 2.05) is 41.5 Å². The lowest BCUT2D eigenvalue weighted by molar-refractivity contribution is -0.146. The SMILES string of the molecule is CCC1CC(C(=O)O)C(CC)O1.CCC1CC(C(C)(O)CC(=O)O)C(CC)O1.CCC1CC(C(C)C(=O)O)C(CC)O1.CCC1CC(C(O)CC(=O)O)C(CC)O1.CCC1CC(CC(=O)O)C(CC)O1.CCC1CC(CCC(=O)O)C(CC)O1. The molecular formula is C64H116O20. The number of ether oxygens (including phenoxy) is 6. The first kappa shape index (κ1) is 78.5. The van der Waals surface area contributed by atoms with Gasteiger partial charge in [-0.2, -0.15) is 0 Å². The number of aliphatic carboxylic acids is 6. The third-order valence-electron chi connectivity index (χ3n) is 18.2. The van der Waals surface area contributed by atoms with Gasteiger partial charge in [-0.1, -0.05) is 90.0 Å². The molecule has 21 atom stereocenters. The summed E-state index contributed by atoms with van der Waals surface area (Å²) in [7, 11) is 0. The molecule has 0 aliphatic carbocycles. The van der Waals surface area contributed by atoms with E-state index in [0.29, 0.717) is 24.5 Å². The zero-order valence-electron chi connectivity index (χ0n) is 53.8. The van der Waals surface area contributed by atoms with Gasteiger partial charge in [-0.05, 0) is 141 Å². The van der Waals surface area contributed by atoms with Gasteiger partial charge in [0.15, 0.2) is 0 Å². The van der Waals surface area contributed by atoms with E-state index in [2.05, 4.69) is 41.5 Å². The van der Waals surface area contributed by atoms with Crippen LogP contribution in [0.15, 0.2) is 0 Å². The standard InChI is InChI=1S/C12H22O4.C11H20O4.2C11H20O3.C10H18O3.C9H16O3/c1-4-8-6-9(10(5-2)16-8)12(3,15)7-11(13)14;1-3-7-5-8(10(4-2)15-7)9(12)6-11(13)14;1-4-8-6-9(7(3)11(12)13)10(5-2)14-8;1-3-9-7-8(5-6-11(12)13)10(4-2)14-9;1-3-8-5-7(6-10(11)12)9(4-2)13-8;1-3-6-5-7(9(10)11)8(4-2)12-6/h8-10,15H,4-7H2,1-3H3,(H,13,14);7-10,12H,3-6H2,1-2H3,(H,13,14);7-10H,4-6H2,1-3H3,(H,12,13);8-10H,3-7H2,1-2H3,(H,12,13);7-9H,3-6H2,1-2H3,(H,11,12);6-8H,3-5H2,1-2H3,(H,10,11). The van der Waals surface area contributed by atoms with Crippen LogP contribution < -0.4 is 0 Å². The number of hydrogen-bond donors (Lipinski definition) is 8. The number of aliphatic hydroxyl groups is 2. The highest BCUT2D eigenvalue weighted by Gasteiger charge is 2.46. The van der Waals surface area contributed by atoms with Crippen LogP contribution in [0.1, 0.15) is 245 Å². The Morgan fingerprint density at radius 3 is 1.21 bits per heavy atom. The number of carbonyl (C=O) groups is 6. The highest BCUT2D eigenvalue weighted by atomic mass is 16.5. The Morgan fingerprint density at radius 2 is 0.821 bits per heavy atom. The molecule has 0 amide bonds. The molecular weight excluding hydrogens is 1090 g/mol.